The first-order valence-electron chi connectivity index (χ1n) is 5.48. The molecule has 0 bridgehead atoms. The molecule has 2 atom stereocenters. The highest BCUT2D eigenvalue weighted by atomic mass is 16.5. The molecule has 1 aromatic rings. The Labute approximate surface area is 94.8 Å². The van der Waals surface area contributed by atoms with Crippen LogP contribution in [0, 0.1) is 0 Å². The van der Waals surface area contributed by atoms with Crippen molar-refractivity contribution in [2.75, 3.05) is 26.7 Å². The van der Waals surface area contributed by atoms with Gasteiger partial charge in [0.2, 0.25) is 0 Å². The maximum Gasteiger partial charge on any atom is 0.0964 e. The van der Waals surface area contributed by atoms with Crippen LogP contribution in [0.2, 0.25) is 0 Å². The van der Waals surface area contributed by atoms with Crippen LogP contribution < -0.4 is 0 Å². The van der Waals surface area contributed by atoms with Gasteiger partial charge in [-0.3, -0.25) is 4.68 Å². The van der Waals surface area contributed by atoms with Crippen molar-refractivity contribution in [2.45, 2.75) is 18.6 Å². The van der Waals surface area contributed by atoms with Crippen LogP contribution >= 0.6 is 0 Å². The fourth-order valence-corrected chi connectivity index (χ4v) is 1.88. The zero-order valence-corrected chi connectivity index (χ0v) is 9.70. The van der Waals surface area contributed by atoms with Crippen LogP contribution in [0.15, 0.2) is 6.20 Å². The number of aliphatic hydroxyl groups excluding tert-OH is 1. The van der Waals surface area contributed by atoms with Gasteiger partial charge < -0.3 is 14.7 Å². The fraction of sp³-hybridized carbons (Fsp3) is 0.800. The van der Waals surface area contributed by atoms with Crippen molar-refractivity contribution in [3.05, 3.63) is 11.9 Å². The topological polar surface area (TPSA) is 63.4 Å². The van der Waals surface area contributed by atoms with Crippen LogP contribution in [-0.4, -0.2) is 64.0 Å². The molecule has 1 N–H and O–H groups in total. The molecule has 1 fully saturated rings. The van der Waals surface area contributed by atoms with E-state index in [2.05, 4.69) is 15.2 Å². The number of hydrogen-bond acceptors (Lipinski definition) is 5. The number of ether oxygens (including phenoxy) is 1. The second-order valence-corrected chi connectivity index (χ2v) is 4.33. The second-order valence-electron chi connectivity index (χ2n) is 4.33. The highest BCUT2D eigenvalue weighted by molar-refractivity contribution is 4.96. The molecule has 1 aliphatic heterocycles. The largest absolute Gasteiger partial charge is 0.390 e. The van der Waals surface area contributed by atoms with Crippen LogP contribution in [0.1, 0.15) is 5.69 Å². The molecule has 6 nitrogen and oxygen atoms in total. The van der Waals surface area contributed by atoms with E-state index >= 15 is 0 Å². The van der Waals surface area contributed by atoms with Gasteiger partial charge in [0.1, 0.15) is 0 Å². The number of nitrogens with zero attached hydrogens (tertiary/aromatic N) is 4. The summed E-state index contributed by atoms with van der Waals surface area (Å²) >= 11 is 0. The third-order valence-corrected chi connectivity index (χ3v) is 2.79. The number of hydrogen-bond donors (Lipinski definition) is 1. The van der Waals surface area contributed by atoms with E-state index < -0.39 is 6.10 Å². The number of likely N-dealkylation sites (N-methyl/N-ethyl adjacent to an activating group) is 1. The average molecular weight is 226 g/mol. The van der Waals surface area contributed by atoms with E-state index in [9.17, 15) is 5.11 Å². The number of aryl methyl sites for hydroxylation is 1. The first-order valence-corrected chi connectivity index (χ1v) is 5.48. The fourth-order valence-electron chi connectivity index (χ4n) is 1.88. The highest BCUT2D eigenvalue weighted by Gasteiger charge is 2.25. The van der Waals surface area contributed by atoms with Crippen molar-refractivity contribution < 1.29 is 9.84 Å². The molecule has 0 amide bonds. The molecule has 1 aromatic heterocycles. The SMILES string of the molecule is CN1CCOC(C(O)Cc2cn(C)nn2)C1. The molecule has 0 radical (unpaired) electrons. The molecular formula is C10H18N4O2. The average Bonchev–Trinajstić information content (AvgIpc) is 2.64. The quantitative estimate of drug-likeness (QED) is 0.720. The third kappa shape index (κ3) is 2.78. The van der Waals surface area contributed by atoms with Gasteiger partial charge in [0, 0.05) is 32.8 Å². The summed E-state index contributed by atoms with van der Waals surface area (Å²) in [5, 5.41) is 17.8. The van der Waals surface area contributed by atoms with Gasteiger partial charge in [0.25, 0.3) is 0 Å². The Hall–Kier alpha value is -0.980. The van der Waals surface area contributed by atoms with Crippen molar-refractivity contribution in [3.8, 4) is 0 Å². The molecule has 0 aliphatic carbocycles. The van der Waals surface area contributed by atoms with E-state index in [-0.39, 0.29) is 6.10 Å². The van der Waals surface area contributed by atoms with Crippen LogP contribution in [0.25, 0.3) is 0 Å². The summed E-state index contributed by atoms with van der Waals surface area (Å²) in [6, 6.07) is 0. The minimum absolute atomic E-state index is 0.124. The molecule has 6 heteroatoms. The Morgan fingerprint density at radius 2 is 2.44 bits per heavy atom. The minimum atomic E-state index is -0.514. The molecular weight excluding hydrogens is 208 g/mol. The van der Waals surface area contributed by atoms with Crippen molar-refractivity contribution in [1.29, 1.82) is 0 Å². The zero-order valence-electron chi connectivity index (χ0n) is 9.70. The Morgan fingerprint density at radius 3 is 3.06 bits per heavy atom. The van der Waals surface area contributed by atoms with Gasteiger partial charge in [-0.1, -0.05) is 5.21 Å². The maximum atomic E-state index is 10.0. The van der Waals surface area contributed by atoms with E-state index in [4.69, 9.17) is 4.74 Å². The van der Waals surface area contributed by atoms with Gasteiger partial charge >= 0.3 is 0 Å². The molecule has 2 rings (SSSR count). The van der Waals surface area contributed by atoms with E-state index in [0.29, 0.717) is 13.0 Å². The molecule has 0 saturated carbocycles. The molecule has 1 saturated heterocycles. The smallest absolute Gasteiger partial charge is 0.0964 e. The molecule has 2 heterocycles. The van der Waals surface area contributed by atoms with Gasteiger partial charge in [-0.25, -0.2) is 0 Å². The summed E-state index contributed by atoms with van der Waals surface area (Å²) < 4.78 is 7.18. The Bertz CT molecular complexity index is 341. The predicted molar refractivity (Wildman–Crippen MR) is 58.0 cm³/mol. The van der Waals surface area contributed by atoms with Gasteiger partial charge in [0.05, 0.1) is 24.5 Å². The van der Waals surface area contributed by atoms with Gasteiger partial charge in [-0.2, -0.15) is 0 Å². The summed E-state index contributed by atoms with van der Waals surface area (Å²) in [6.07, 6.45) is 1.67. The summed E-state index contributed by atoms with van der Waals surface area (Å²) in [5.41, 5.74) is 0.798. The van der Waals surface area contributed by atoms with E-state index in [0.717, 1.165) is 18.8 Å². The van der Waals surface area contributed by atoms with Crippen molar-refractivity contribution in [1.82, 2.24) is 19.9 Å². The van der Waals surface area contributed by atoms with Crippen LogP contribution in [0.5, 0.6) is 0 Å². The normalized spacial score (nSPS) is 24.6. The van der Waals surface area contributed by atoms with Crippen molar-refractivity contribution in [3.63, 3.8) is 0 Å². The van der Waals surface area contributed by atoms with E-state index in [1.165, 1.54) is 0 Å². The minimum Gasteiger partial charge on any atom is -0.390 e. The lowest BCUT2D eigenvalue weighted by Crippen LogP contribution is -2.46. The molecule has 0 aromatic carbocycles. The third-order valence-electron chi connectivity index (χ3n) is 2.79. The van der Waals surface area contributed by atoms with Crippen molar-refractivity contribution >= 4 is 0 Å². The van der Waals surface area contributed by atoms with Crippen LogP contribution in [0.3, 0.4) is 0 Å². The summed E-state index contributed by atoms with van der Waals surface area (Å²) in [5.74, 6) is 0. The molecule has 1 aliphatic rings. The number of rotatable bonds is 3. The Balaban J connectivity index is 1.89. The lowest BCUT2D eigenvalue weighted by Gasteiger charge is -2.32. The monoisotopic (exact) mass is 226 g/mol. The highest BCUT2D eigenvalue weighted by Crippen LogP contribution is 2.11. The first-order chi connectivity index (χ1) is 7.65. The lowest BCUT2D eigenvalue weighted by atomic mass is 10.1. The van der Waals surface area contributed by atoms with Gasteiger partial charge in [-0.15, -0.1) is 5.10 Å². The Morgan fingerprint density at radius 1 is 1.62 bits per heavy atom. The molecule has 0 spiro atoms. The lowest BCUT2D eigenvalue weighted by molar-refractivity contribution is -0.0825. The molecule has 90 valence electrons. The molecule has 2 unspecified atom stereocenters. The van der Waals surface area contributed by atoms with E-state index in [1.54, 1.807) is 4.68 Å². The van der Waals surface area contributed by atoms with E-state index in [1.807, 2.05) is 20.3 Å². The summed E-state index contributed by atoms with van der Waals surface area (Å²) in [4.78, 5) is 2.16. The van der Waals surface area contributed by atoms with Gasteiger partial charge in [-0.05, 0) is 7.05 Å². The standard InChI is InChI=1S/C10H18N4O2/c1-13-3-4-16-10(7-13)9(15)5-8-6-14(2)12-11-8/h6,9-10,15H,3-5,7H2,1-2H3. The number of morpholine rings is 1. The van der Waals surface area contributed by atoms with Gasteiger partial charge in [0.15, 0.2) is 0 Å². The predicted octanol–water partition coefficient (Wildman–Crippen LogP) is -0.951. The first kappa shape index (κ1) is 11.5. The number of aromatic nitrogens is 3. The summed E-state index contributed by atoms with van der Waals surface area (Å²) in [6.45, 7) is 2.37. The number of aliphatic hydroxyl groups is 1. The zero-order chi connectivity index (χ0) is 11.5. The maximum absolute atomic E-state index is 10.0. The molecule has 16 heavy (non-hydrogen) atoms. The summed E-state index contributed by atoms with van der Waals surface area (Å²) in [7, 11) is 3.85. The van der Waals surface area contributed by atoms with Crippen LogP contribution in [0.4, 0.5) is 0 Å². The Kier molecular flexibility index (Phi) is 3.52. The van der Waals surface area contributed by atoms with Crippen LogP contribution in [-0.2, 0) is 18.2 Å². The second kappa shape index (κ2) is 4.90. The van der Waals surface area contributed by atoms with Crippen molar-refractivity contribution in [2.24, 2.45) is 7.05 Å².